The lowest BCUT2D eigenvalue weighted by atomic mass is 10.2. The molecule has 0 saturated heterocycles. The molecule has 0 bridgehead atoms. The molecule has 1 aromatic carbocycles. The van der Waals surface area contributed by atoms with Crippen molar-refractivity contribution in [3.8, 4) is 11.4 Å². The van der Waals surface area contributed by atoms with Crippen molar-refractivity contribution < 1.29 is 0 Å². The molecule has 0 aliphatic rings. The molecule has 0 unspecified atom stereocenters. The highest BCUT2D eigenvalue weighted by Crippen LogP contribution is 2.16. The highest BCUT2D eigenvalue weighted by molar-refractivity contribution is 6.28. The second kappa shape index (κ2) is 4.52. The lowest BCUT2D eigenvalue weighted by molar-refractivity contribution is 0.698. The van der Waals surface area contributed by atoms with E-state index in [1.165, 1.54) is 0 Å². The van der Waals surface area contributed by atoms with E-state index in [0.717, 1.165) is 5.56 Å². The van der Waals surface area contributed by atoms with Crippen LogP contribution in [-0.2, 0) is 0 Å². The molecule has 0 fully saturated rings. The van der Waals surface area contributed by atoms with Crippen LogP contribution < -0.4 is 11.5 Å². The predicted molar refractivity (Wildman–Crippen MR) is 61.4 cm³/mol. The topological polar surface area (TPSA) is 90.7 Å². The van der Waals surface area contributed by atoms with Gasteiger partial charge in [-0.3, -0.25) is 0 Å². The van der Waals surface area contributed by atoms with Crippen LogP contribution in [0.3, 0.4) is 0 Å². The van der Waals surface area contributed by atoms with Crippen LogP contribution in [0.2, 0.25) is 5.28 Å². The Morgan fingerprint density at radius 1 is 1.00 bits per heavy atom. The van der Waals surface area contributed by atoms with Crippen molar-refractivity contribution in [2.45, 2.75) is 6.17 Å². The molecule has 2 aromatic rings. The number of aromatic nitrogens is 3. The maximum atomic E-state index is 5.77. The number of rotatable bonds is 2. The van der Waals surface area contributed by atoms with Crippen LogP contribution in [0.5, 0.6) is 0 Å². The first-order valence-electron chi connectivity index (χ1n) is 4.65. The molecule has 1 aromatic heterocycles. The van der Waals surface area contributed by atoms with Crippen molar-refractivity contribution in [1.82, 2.24) is 15.0 Å². The monoisotopic (exact) mass is 235 g/mol. The summed E-state index contributed by atoms with van der Waals surface area (Å²) in [5.74, 6) is 0.746. The van der Waals surface area contributed by atoms with Crippen molar-refractivity contribution >= 4 is 11.6 Å². The van der Waals surface area contributed by atoms with Gasteiger partial charge in [-0.1, -0.05) is 30.3 Å². The van der Waals surface area contributed by atoms with Crippen molar-refractivity contribution in [2.75, 3.05) is 0 Å². The van der Waals surface area contributed by atoms with E-state index in [9.17, 15) is 0 Å². The zero-order valence-corrected chi connectivity index (χ0v) is 9.09. The minimum Gasteiger partial charge on any atom is -0.310 e. The fourth-order valence-corrected chi connectivity index (χ4v) is 1.40. The van der Waals surface area contributed by atoms with E-state index < -0.39 is 6.17 Å². The van der Waals surface area contributed by atoms with Gasteiger partial charge in [-0.15, -0.1) is 0 Å². The number of nitrogens with zero attached hydrogens (tertiary/aromatic N) is 3. The number of hydrogen-bond acceptors (Lipinski definition) is 5. The lowest BCUT2D eigenvalue weighted by Crippen LogP contribution is -2.23. The Bertz CT molecular complexity index is 486. The highest BCUT2D eigenvalue weighted by Gasteiger charge is 2.09. The van der Waals surface area contributed by atoms with E-state index >= 15 is 0 Å². The van der Waals surface area contributed by atoms with Crippen LogP contribution in [0.1, 0.15) is 12.0 Å². The molecule has 0 radical (unpaired) electrons. The van der Waals surface area contributed by atoms with Gasteiger partial charge in [-0.25, -0.2) is 4.98 Å². The minimum atomic E-state index is -0.761. The Morgan fingerprint density at radius 2 is 1.69 bits per heavy atom. The van der Waals surface area contributed by atoms with Crippen LogP contribution in [-0.4, -0.2) is 15.0 Å². The average molecular weight is 236 g/mol. The molecule has 0 saturated carbocycles. The van der Waals surface area contributed by atoms with Crippen molar-refractivity contribution in [1.29, 1.82) is 0 Å². The van der Waals surface area contributed by atoms with Gasteiger partial charge < -0.3 is 11.5 Å². The third-order valence-electron chi connectivity index (χ3n) is 1.96. The quantitative estimate of drug-likeness (QED) is 0.761. The predicted octanol–water partition coefficient (Wildman–Crippen LogP) is 1.11. The van der Waals surface area contributed by atoms with E-state index in [1.807, 2.05) is 30.3 Å². The van der Waals surface area contributed by atoms with Gasteiger partial charge in [-0.05, 0) is 11.6 Å². The maximum Gasteiger partial charge on any atom is 0.226 e. The first kappa shape index (κ1) is 10.9. The fraction of sp³-hybridized carbons (Fsp3) is 0.100. The Kier molecular flexibility index (Phi) is 3.09. The van der Waals surface area contributed by atoms with Gasteiger partial charge in [0, 0.05) is 5.56 Å². The first-order chi connectivity index (χ1) is 7.66. The molecule has 5 nitrogen and oxygen atoms in total. The summed E-state index contributed by atoms with van der Waals surface area (Å²) in [6.45, 7) is 0. The summed E-state index contributed by atoms with van der Waals surface area (Å²) in [7, 11) is 0. The SMILES string of the molecule is NC(N)c1nc(Cl)nc(-c2ccccc2)n1. The summed E-state index contributed by atoms with van der Waals surface area (Å²) < 4.78 is 0. The van der Waals surface area contributed by atoms with Gasteiger partial charge in [0.25, 0.3) is 0 Å². The van der Waals surface area contributed by atoms with E-state index in [4.69, 9.17) is 23.1 Å². The average Bonchev–Trinajstić information content (AvgIpc) is 2.29. The van der Waals surface area contributed by atoms with E-state index in [2.05, 4.69) is 15.0 Å². The number of benzene rings is 1. The molecular formula is C10H10ClN5. The van der Waals surface area contributed by atoms with E-state index in [1.54, 1.807) is 0 Å². The Labute approximate surface area is 97.5 Å². The molecular weight excluding hydrogens is 226 g/mol. The first-order valence-corrected chi connectivity index (χ1v) is 5.02. The van der Waals surface area contributed by atoms with E-state index in [-0.39, 0.29) is 11.1 Å². The van der Waals surface area contributed by atoms with Crippen LogP contribution in [0, 0.1) is 0 Å². The molecule has 0 aliphatic heterocycles. The molecule has 4 N–H and O–H groups in total. The van der Waals surface area contributed by atoms with Crippen LogP contribution in [0.15, 0.2) is 30.3 Å². The summed E-state index contributed by atoms with van der Waals surface area (Å²) in [5, 5.41) is 0.0877. The summed E-state index contributed by atoms with van der Waals surface area (Å²) in [6.07, 6.45) is -0.761. The Balaban J connectivity index is 2.50. The number of hydrogen-bond donors (Lipinski definition) is 2. The molecule has 0 atom stereocenters. The molecule has 16 heavy (non-hydrogen) atoms. The lowest BCUT2D eigenvalue weighted by Gasteiger charge is -2.06. The largest absolute Gasteiger partial charge is 0.310 e. The minimum absolute atomic E-state index is 0.0877. The summed E-state index contributed by atoms with van der Waals surface area (Å²) in [4.78, 5) is 12.0. The van der Waals surface area contributed by atoms with Gasteiger partial charge in [0.05, 0.1) is 0 Å². The van der Waals surface area contributed by atoms with Gasteiger partial charge >= 0.3 is 0 Å². The molecule has 0 spiro atoms. The van der Waals surface area contributed by atoms with Crippen molar-refractivity contribution in [3.63, 3.8) is 0 Å². The molecule has 1 heterocycles. The maximum absolute atomic E-state index is 5.77. The van der Waals surface area contributed by atoms with Gasteiger partial charge in [-0.2, -0.15) is 9.97 Å². The second-order valence-corrected chi connectivity index (χ2v) is 3.52. The standard InChI is InChI=1S/C10H10ClN5/c11-10-15-8(6-4-2-1-3-5-6)14-9(16-10)7(12)13/h1-5,7H,12-13H2. The molecule has 2 rings (SSSR count). The summed E-state index contributed by atoms with van der Waals surface area (Å²) >= 11 is 5.77. The highest BCUT2D eigenvalue weighted by atomic mass is 35.5. The number of halogens is 1. The van der Waals surface area contributed by atoms with E-state index in [0.29, 0.717) is 5.82 Å². The van der Waals surface area contributed by atoms with Crippen LogP contribution in [0.4, 0.5) is 0 Å². The third kappa shape index (κ3) is 2.33. The van der Waals surface area contributed by atoms with Gasteiger partial charge in [0.15, 0.2) is 11.6 Å². The molecule has 6 heteroatoms. The smallest absolute Gasteiger partial charge is 0.226 e. The van der Waals surface area contributed by atoms with Crippen molar-refractivity contribution in [3.05, 3.63) is 41.4 Å². The van der Waals surface area contributed by atoms with Gasteiger partial charge in [0.1, 0.15) is 6.17 Å². The number of nitrogens with two attached hydrogens (primary N) is 2. The van der Waals surface area contributed by atoms with Crippen LogP contribution in [0.25, 0.3) is 11.4 Å². The summed E-state index contributed by atoms with van der Waals surface area (Å²) in [5.41, 5.74) is 11.8. The molecule has 0 aliphatic carbocycles. The zero-order valence-electron chi connectivity index (χ0n) is 8.34. The zero-order chi connectivity index (χ0) is 11.5. The van der Waals surface area contributed by atoms with Crippen LogP contribution >= 0.6 is 11.6 Å². The van der Waals surface area contributed by atoms with Gasteiger partial charge in [0.2, 0.25) is 5.28 Å². The fourth-order valence-electron chi connectivity index (χ4n) is 1.23. The Morgan fingerprint density at radius 3 is 2.31 bits per heavy atom. The summed E-state index contributed by atoms with van der Waals surface area (Å²) in [6, 6.07) is 9.42. The van der Waals surface area contributed by atoms with Crippen molar-refractivity contribution in [2.24, 2.45) is 11.5 Å². The normalized spacial score (nSPS) is 10.8. The second-order valence-electron chi connectivity index (χ2n) is 3.18. The molecule has 0 amide bonds. The Hall–Kier alpha value is -1.56. The third-order valence-corrected chi connectivity index (χ3v) is 2.12. The molecule has 82 valence electrons.